The molecule has 2 aliphatic heterocycles. The Morgan fingerprint density at radius 2 is 2.12 bits per heavy atom. The largest absolute Gasteiger partial charge is 0.377 e. The molecule has 2 heterocycles. The highest BCUT2D eigenvalue weighted by molar-refractivity contribution is 5.88. The first-order valence-electron chi connectivity index (χ1n) is 11.7. The molecule has 1 aromatic carbocycles. The van der Waals surface area contributed by atoms with E-state index in [-0.39, 0.29) is 30.6 Å². The number of ether oxygens (including phenoxy) is 2. The lowest BCUT2D eigenvalue weighted by atomic mass is 9.93. The molecule has 2 amide bonds. The smallest absolute Gasteiger partial charge is 0.249 e. The number of piperidine rings is 1. The lowest BCUT2D eigenvalue weighted by Crippen LogP contribution is -2.58. The lowest BCUT2D eigenvalue weighted by Gasteiger charge is -2.43. The summed E-state index contributed by atoms with van der Waals surface area (Å²) >= 11 is 0. The number of amides is 2. The third-order valence-electron chi connectivity index (χ3n) is 6.36. The first-order chi connectivity index (χ1) is 16.0. The van der Waals surface area contributed by atoms with Crippen LogP contribution in [0.4, 0.5) is 0 Å². The number of nitrogens with two attached hydrogens (primary N) is 1. The Morgan fingerprint density at radius 3 is 2.76 bits per heavy atom. The number of nitriles is 1. The number of methoxy groups -OCH3 is 1. The second-order valence-electron chi connectivity index (χ2n) is 8.67. The van der Waals surface area contributed by atoms with E-state index in [9.17, 15) is 9.59 Å². The molecule has 2 aliphatic rings. The van der Waals surface area contributed by atoms with E-state index in [1.807, 2.05) is 24.3 Å². The minimum Gasteiger partial charge on any atom is -0.377 e. The quantitative estimate of drug-likeness (QED) is 0.528. The number of carbonyl (C=O) groups excluding carboxylic acids is 2. The van der Waals surface area contributed by atoms with Gasteiger partial charge in [-0.3, -0.25) is 14.5 Å². The summed E-state index contributed by atoms with van der Waals surface area (Å²) in [5, 5.41) is 11.9. The fourth-order valence-corrected chi connectivity index (χ4v) is 4.66. The number of likely N-dealkylation sites (tertiary alicyclic amines) is 1. The predicted octanol–water partition coefficient (Wildman–Crippen LogP) is 0.620. The van der Waals surface area contributed by atoms with Crippen LogP contribution in [0, 0.1) is 11.3 Å². The maximum Gasteiger partial charge on any atom is 0.249 e. The van der Waals surface area contributed by atoms with Crippen molar-refractivity contribution in [1.29, 1.82) is 5.26 Å². The van der Waals surface area contributed by atoms with Crippen molar-refractivity contribution in [3.05, 3.63) is 35.4 Å². The first kappa shape index (κ1) is 25.1. The molecule has 1 aromatic rings. The molecule has 0 aromatic heterocycles. The fraction of sp³-hybridized carbons (Fsp3) is 0.625. The van der Waals surface area contributed by atoms with E-state index in [0.29, 0.717) is 38.2 Å². The van der Waals surface area contributed by atoms with Crippen LogP contribution in [-0.2, 0) is 25.6 Å². The van der Waals surface area contributed by atoms with Gasteiger partial charge >= 0.3 is 0 Å². The van der Waals surface area contributed by atoms with Crippen molar-refractivity contribution in [2.75, 3.05) is 46.5 Å². The monoisotopic (exact) mass is 457 g/mol. The van der Waals surface area contributed by atoms with E-state index < -0.39 is 6.04 Å². The van der Waals surface area contributed by atoms with Crippen molar-refractivity contribution in [1.82, 2.24) is 15.1 Å². The van der Waals surface area contributed by atoms with Crippen molar-refractivity contribution in [2.24, 2.45) is 5.73 Å². The minimum absolute atomic E-state index is 0.0454. The fourth-order valence-electron chi connectivity index (χ4n) is 4.66. The molecule has 9 heteroatoms. The topological polar surface area (TPSA) is 121 Å². The average molecular weight is 458 g/mol. The molecule has 0 spiro atoms. The normalized spacial score (nSPS) is 22.8. The molecular weight excluding hydrogens is 422 g/mol. The van der Waals surface area contributed by atoms with Gasteiger partial charge in [0.2, 0.25) is 11.8 Å². The predicted molar refractivity (Wildman–Crippen MR) is 123 cm³/mol. The van der Waals surface area contributed by atoms with Gasteiger partial charge in [-0.05, 0) is 43.4 Å². The Kier molecular flexibility index (Phi) is 9.63. The summed E-state index contributed by atoms with van der Waals surface area (Å²) in [5.74, 6) is -0.355. The minimum atomic E-state index is -0.564. The van der Waals surface area contributed by atoms with Gasteiger partial charge in [-0.2, -0.15) is 5.26 Å². The number of rotatable bonds is 10. The van der Waals surface area contributed by atoms with Crippen LogP contribution >= 0.6 is 0 Å². The summed E-state index contributed by atoms with van der Waals surface area (Å²) < 4.78 is 10.9. The second-order valence-corrected chi connectivity index (χ2v) is 8.67. The number of benzene rings is 1. The number of nitrogens with zero attached hydrogens (tertiary/aromatic N) is 3. The molecule has 0 aliphatic carbocycles. The number of hydrogen-bond acceptors (Lipinski definition) is 7. The Hall–Kier alpha value is -2.51. The molecule has 2 fully saturated rings. The average Bonchev–Trinajstić information content (AvgIpc) is 3.35. The molecule has 2 unspecified atom stereocenters. The first-order valence-corrected chi connectivity index (χ1v) is 11.7. The zero-order valence-corrected chi connectivity index (χ0v) is 19.4. The molecule has 0 saturated carbocycles. The van der Waals surface area contributed by atoms with Gasteiger partial charge < -0.3 is 25.4 Å². The van der Waals surface area contributed by atoms with E-state index in [4.69, 9.17) is 20.5 Å². The van der Waals surface area contributed by atoms with Crippen molar-refractivity contribution >= 4 is 11.8 Å². The van der Waals surface area contributed by atoms with Crippen molar-refractivity contribution in [3.8, 4) is 6.07 Å². The van der Waals surface area contributed by atoms with Gasteiger partial charge in [-0.15, -0.1) is 0 Å². The summed E-state index contributed by atoms with van der Waals surface area (Å²) in [7, 11) is 1.48. The molecular formula is C24H35N5O4. The number of nitrogens with one attached hydrogen (secondary N) is 1. The van der Waals surface area contributed by atoms with E-state index >= 15 is 0 Å². The Morgan fingerprint density at radius 1 is 1.33 bits per heavy atom. The van der Waals surface area contributed by atoms with Crippen LogP contribution in [0.1, 0.15) is 36.8 Å². The zero-order chi connectivity index (χ0) is 23.6. The van der Waals surface area contributed by atoms with E-state index in [0.717, 1.165) is 38.0 Å². The Bertz CT molecular complexity index is 819. The number of hydrogen-bond donors (Lipinski definition) is 2. The highest BCUT2D eigenvalue weighted by Gasteiger charge is 2.38. The van der Waals surface area contributed by atoms with Gasteiger partial charge in [0.25, 0.3) is 0 Å². The highest BCUT2D eigenvalue weighted by Crippen LogP contribution is 2.26. The molecule has 33 heavy (non-hydrogen) atoms. The van der Waals surface area contributed by atoms with Gasteiger partial charge in [0.1, 0.15) is 12.6 Å². The summed E-state index contributed by atoms with van der Waals surface area (Å²) in [4.78, 5) is 29.6. The van der Waals surface area contributed by atoms with Crippen molar-refractivity contribution in [3.63, 3.8) is 0 Å². The SMILES string of the molecule is COCC(=O)N1CCC(N(Cc2ccc(C#N)cc2)CC2CCCO2)C[C@@H]1C(=O)NCCN. The maximum absolute atomic E-state index is 12.9. The lowest BCUT2D eigenvalue weighted by molar-refractivity contribution is -0.146. The third-order valence-corrected chi connectivity index (χ3v) is 6.36. The molecule has 0 radical (unpaired) electrons. The third kappa shape index (κ3) is 6.98. The zero-order valence-electron chi connectivity index (χ0n) is 19.4. The molecule has 180 valence electrons. The molecule has 2 saturated heterocycles. The van der Waals surface area contributed by atoms with Gasteiger partial charge in [0.15, 0.2) is 0 Å². The van der Waals surface area contributed by atoms with Crippen LogP contribution in [0.3, 0.4) is 0 Å². The van der Waals surface area contributed by atoms with Crippen LogP contribution in [0.2, 0.25) is 0 Å². The summed E-state index contributed by atoms with van der Waals surface area (Å²) in [5.41, 5.74) is 7.30. The van der Waals surface area contributed by atoms with Gasteiger partial charge in [0.05, 0.1) is 17.7 Å². The van der Waals surface area contributed by atoms with E-state index in [1.165, 1.54) is 7.11 Å². The van der Waals surface area contributed by atoms with Gasteiger partial charge in [0, 0.05) is 52.5 Å². The van der Waals surface area contributed by atoms with E-state index in [2.05, 4.69) is 16.3 Å². The molecule has 3 rings (SSSR count). The molecule has 9 nitrogen and oxygen atoms in total. The van der Waals surface area contributed by atoms with Crippen LogP contribution < -0.4 is 11.1 Å². The molecule has 3 atom stereocenters. The standard InChI is InChI=1S/C24H35N5O4/c1-32-17-23(30)29-11-8-20(13-22(29)24(31)27-10-9-25)28(16-21-3-2-12-33-21)15-19-6-4-18(14-26)5-7-19/h4-7,20-22H,2-3,8-13,15-17,25H2,1H3,(H,27,31)/t20?,21?,22-/m1/s1. The van der Waals surface area contributed by atoms with Crippen molar-refractivity contribution in [2.45, 2.75) is 50.4 Å². The highest BCUT2D eigenvalue weighted by atomic mass is 16.5. The van der Waals surface area contributed by atoms with Crippen LogP contribution in [0.15, 0.2) is 24.3 Å². The van der Waals surface area contributed by atoms with Crippen molar-refractivity contribution < 1.29 is 19.1 Å². The summed E-state index contributed by atoms with van der Waals surface area (Å²) in [6.45, 7) is 3.41. The summed E-state index contributed by atoms with van der Waals surface area (Å²) in [6, 6.07) is 9.32. The van der Waals surface area contributed by atoms with E-state index in [1.54, 1.807) is 4.90 Å². The van der Waals surface area contributed by atoms with Crippen LogP contribution in [0.25, 0.3) is 0 Å². The Balaban J connectivity index is 1.77. The second kappa shape index (κ2) is 12.7. The van der Waals surface area contributed by atoms with Gasteiger partial charge in [-0.1, -0.05) is 12.1 Å². The van der Waals surface area contributed by atoms with Gasteiger partial charge in [-0.25, -0.2) is 0 Å². The maximum atomic E-state index is 12.9. The Labute approximate surface area is 195 Å². The number of carbonyl (C=O) groups is 2. The van der Waals surface area contributed by atoms with Crippen LogP contribution in [-0.4, -0.2) is 86.3 Å². The van der Waals surface area contributed by atoms with Crippen LogP contribution in [0.5, 0.6) is 0 Å². The summed E-state index contributed by atoms with van der Waals surface area (Å²) in [6.07, 6.45) is 3.55. The molecule has 3 N–H and O–H groups in total. The molecule has 0 bridgehead atoms.